The minimum absolute atomic E-state index is 0.583. The second-order valence-corrected chi connectivity index (χ2v) is 7.11. The number of hydrogen-bond acceptors (Lipinski definition) is 5. The number of rotatable bonds is 3. The number of nitrogens with one attached hydrogen (secondary N) is 1. The predicted molar refractivity (Wildman–Crippen MR) is 97.5 cm³/mol. The van der Waals surface area contributed by atoms with Gasteiger partial charge in [-0.15, -0.1) is 0 Å². The highest BCUT2D eigenvalue weighted by atomic mass is 32.1. The molecule has 2 aliphatic heterocycles. The van der Waals surface area contributed by atoms with E-state index < -0.39 is 0 Å². The predicted octanol–water partition coefficient (Wildman–Crippen LogP) is 3.08. The maximum Gasteiger partial charge on any atom is 0.196 e. The molecule has 0 spiro atoms. The fourth-order valence-corrected chi connectivity index (χ4v) is 3.79. The van der Waals surface area contributed by atoms with Crippen molar-refractivity contribution in [2.75, 3.05) is 24.5 Å². The molecule has 4 heterocycles. The first-order valence-electron chi connectivity index (χ1n) is 8.77. The number of hydrogen-bond donors (Lipinski definition) is 1. The van der Waals surface area contributed by atoms with Crippen LogP contribution in [0.15, 0.2) is 24.5 Å². The third-order valence-electron chi connectivity index (χ3n) is 4.95. The average molecular weight is 341 g/mol. The highest BCUT2D eigenvalue weighted by molar-refractivity contribution is 7.71. The summed E-state index contributed by atoms with van der Waals surface area (Å²) < 4.78 is 0.583. The molecule has 1 N–H and O–H groups in total. The number of H-pyrrole nitrogens is 1. The zero-order valence-corrected chi connectivity index (χ0v) is 14.7. The molecule has 2 aromatic rings. The highest BCUT2D eigenvalue weighted by Crippen LogP contribution is 2.20. The smallest absolute Gasteiger partial charge is 0.196 e. The Hall–Kier alpha value is -1.79. The second-order valence-electron chi connectivity index (χ2n) is 6.73. The van der Waals surface area contributed by atoms with Gasteiger partial charge in [0.15, 0.2) is 4.77 Å². The second kappa shape index (κ2) is 6.99. The molecule has 0 bridgehead atoms. The molecule has 0 unspecified atom stereocenters. The lowest BCUT2D eigenvalue weighted by Crippen LogP contribution is -2.31. The van der Waals surface area contributed by atoms with Gasteiger partial charge in [-0.3, -0.25) is 4.90 Å². The van der Waals surface area contributed by atoms with Crippen LogP contribution in [0.2, 0.25) is 0 Å². The molecule has 0 amide bonds. The van der Waals surface area contributed by atoms with Gasteiger partial charge in [-0.1, -0.05) is 6.07 Å². The summed E-state index contributed by atoms with van der Waals surface area (Å²) >= 11 is 5.11. The van der Waals surface area contributed by atoms with E-state index in [0.717, 1.165) is 45.0 Å². The molecule has 1 saturated heterocycles. The van der Waals surface area contributed by atoms with Gasteiger partial charge in [-0.25, -0.2) is 9.97 Å². The Morgan fingerprint density at radius 2 is 1.92 bits per heavy atom. The van der Waals surface area contributed by atoms with E-state index in [1.54, 1.807) is 0 Å². The topological polar surface area (TPSA) is 48.1 Å². The van der Waals surface area contributed by atoms with Gasteiger partial charge in [0.25, 0.3) is 0 Å². The Morgan fingerprint density at radius 1 is 1.04 bits per heavy atom. The summed E-state index contributed by atoms with van der Waals surface area (Å²) in [5.41, 5.74) is 3.77. The van der Waals surface area contributed by atoms with Crippen molar-refractivity contribution < 1.29 is 0 Å². The van der Waals surface area contributed by atoms with Crippen LogP contribution >= 0.6 is 12.2 Å². The van der Waals surface area contributed by atoms with Crippen molar-refractivity contribution in [3.8, 4) is 0 Å². The molecule has 5 nitrogen and oxygen atoms in total. The minimum atomic E-state index is 0.583. The molecule has 6 heteroatoms. The molecule has 0 atom stereocenters. The number of anilines is 1. The Bertz CT molecular complexity index is 749. The van der Waals surface area contributed by atoms with Crippen LogP contribution in [0.1, 0.15) is 36.1 Å². The van der Waals surface area contributed by atoms with Crippen molar-refractivity contribution in [1.82, 2.24) is 19.9 Å². The standard InChI is InChI=1S/C18H23N5S/c24-18-20-11-15-13-22(9-6-16(15)21-18)12-14-4-5-17(19-10-14)23-7-2-1-3-8-23/h4-5,10-11H,1-3,6-9,12-13H2,(H,20,21,24). The van der Waals surface area contributed by atoms with Crippen molar-refractivity contribution in [3.05, 3.63) is 46.1 Å². The number of aromatic amines is 1. The van der Waals surface area contributed by atoms with Crippen LogP contribution in [-0.2, 0) is 19.5 Å². The van der Waals surface area contributed by atoms with Crippen LogP contribution in [0.5, 0.6) is 0 Å². The molecular formula is C18H23N5S. The third kappa shape index (κ3) is 3.49. The zero-order valence-electron chi connectivity index (χ0n) is 13.9. The number of fused-ring (bicyclic) bond motifs is 1. The van der Waals surface area contributed by atoms with Crippen molar-refractivity contribution in [2.24, 2.45) is 0 Å². The van der Waals surface area contributed by atoms with E-state index >= 15 is 0 Å². The van der Waals surface area contributed by atoms with Crippen LogP contribution in [0, 0.1) is 4.77 Å². The summed E-state index contributed by atoms with van der Waals surface area (Å²) in [6.45, 7) is 5.17. The molecular weight excluding hydrogens is 318 g/mol. The van der Waals surface area contributed by atoms with E-state index in [4.69, 9.17) is 17.2 Å². The van der Waals surface area contributed by atoms with Gasteiger partial charge in [0.05, 0.1) is 0 Å². The Kier molecular flexibility index (Phi) is 4.58. The normalized spacial score (nSPS) is 18.4. The summed E-state index contributed by atoms with van der Waals surface area (Å²) in [5, 5.41) is 0. The van der Waals surface area contributed by atoms with E-state index in [0.29, 0.717) is 4.77 Å². The van der Waals surface area contributed by atoms with E-state index in [1.165, 1.54) is 36.1 Å². The first-order chi connectivity index (χ1) is 11.8. The quantitative estimate of drug-likeness (QED) is 0.870. The lowest BCUT2D eigenvalue weighted by Gasteiger charge is -2.29. The maximum absolute atomic E-state index is 5.11. The SMILES string of the molecule is S=c1ncc2c([nH]1)CCN(Cc1ccc(N3CCCCC3)nc1)C2. The molecule has 0 aliphatic carbocycles. The Labute approximate surface area is 147 Å². The van der Waals surface area contributed by atoms with Gasteiger partial charge >= 0.3 is 0 Å². The van der Waals surface area contributed by atoms with Gasteiger partial charge in [-0.2, -0.15) is 0 Å². The molecule has 0 aromatic carbocycles. The van der Waals surface area contributed by atoms with Gasteiger partial charge < -0.3 is 9.88 Å². The van der Waals surface area contributed by atoms with Crippen LogP contribution in [0.3, 0.4) is 0 Å². The largest absolute Gasteiger partial charge is 0.357 e. The van der Waals surface area contributed by atoms with Gasteiger partial charge in [-0.05, 0) is 43.1 Å². The van der Waals surface area contributed by atoms with Gasteiger partial charge in [0.1, 0.15) is 5.82 Å². The fourth-order valence-electron chi connectivity index (χ4n) is 3.62. The van der Waals surface area contributed by atoms with Crippen molar-refractivity contribution >= 4 is 18.0 Å². The lowest BCUT2D eigenvalue weighted by molar-refractivity contribution is 0.242. The number of piperidine rings is 1. The molecule has 126 valence electrons. The summed E-state index contributed by atoms with van der Waals surface area (Å²) in [7, 11) is 0. The summed E-state index contributed by atoms with van der Waals surface area (Å²) in [6.07, 6.45) is 8.88. The van der Waals surface area contributed by atoms with Gasteiger partial charge in [0, 0.05) is 62.8 Å². The number of nitrogens with zero attached hydrogens (tertiary/aromatic N) is 4. The zero-order chi connectivity index (χ0) is 16.4. The Balaban J connectivity index is 1.40. The van der Waals surface area contributed by atoms with E-state index in [1.807, 2.05) is 12.4 Å². The first kappa shape index (κ1) is 15.7. The third-order valence-corrected chi connectivity index (χ3v) is 5.16. The number of pyridine rings is 1. The van der Waals surface area contributed by atoms with E-state index in [2.05, 4.69) is 31.9 Å². The van der Waals surface area contributed by atoms with E-state index in [9.17, 15) is 0 Å². The van der Waals surface area contributed by atoms with Crippen LogP contribution in [0.25, 0.3) is 0 Å². The fraction of sp³-hybridized carbons (Fsp3) is 0.500. The molecule has 2 aromatic heterocycles. The summed E-state index contributed by atoms with van der Waals surface area (Å²) in [4.78, 5) is 17.0. The van der Waals surface area contributed by atoms with Crippen molar-refractivity contribution in [2.45, 2.75) is 38.8 Å². The summed E-state index contributed by atoms with van der Waals surface area (Å²) in [5.74, 6) is 1.12. The maximum atomic E-state index is 5.11. The molecule has 0 saturated carbocycles. The van der Waals surface area contributed by atoms with Crippen LogP contribution < -0.4 is 4.90 Å². The highest BCUT2D eigenvalue weighted by Gasteiger charge is 2.17. The van der Waals surface area contributed by atoms with Crippen LogP contribution in [0.4, 0.5) is 5.82 Å². The summed E-state index contributed by atoms with van der Waals surface area (Å²) in [6, 6.07) is 4.40. The van der Waals surface area contributed by atoms with Crippen molar-refractivity contribution in [1.29, 1.82) is 0 Å². The number of aromatic nitrogens is 3. The average Bonchev–Trinajstić information content (AvgIpc) is 2.63. The molecule has 24 heavy (non-hydrogen) atoms. The molecule has 2 aliphatic rings. The van der Waals surface area contributed by atoms with Gasteiger partial charge in [0.2, 0.25) is 0 Å². The minimum Gasteiger partial charge on any atom is -0.357 e. The molecule has 1 fully saturated rings. The molecule has 4 rings (SSSR count). The molecule has 0 radical (unpaired) electrons. The van der Waals surface area contributed by atoms with Crippen LogP contribution in [-0.4, -0.2) is 39.5 Å². The van der Waals surface area contributed by atoms with E-state index in [-0.39, 0.29) is 0 Å². The monoisotopic (exact) mass is 341 g/mol. The first-order valence-corrected chi connectivity index (χ1v) is 9.18. The Morgan fingerprint density at radius 3 is 2.71 bits per heavy atom. The lowest BCUT2D eigenvalue weighted by atomic mass is 10.1. The van der Waals surface area contributed by atoms with Crippen molar-refractivity contribution in [3.63, 3.8) is 0 Å².